The summed E-state index contributed by atoms with van der Waals surface area (Å²) in [5, 5.41) is 11.3. The first kappa shape index (κ1) is 12.3. The quantitative estimate of drug-likeness (QED) is 0.817. The molecule has 94 valence electrons. The van der Waals surface area contributed by atoms with Gasteiger partial charge in [-0.25, -0.2) is 4.98 Å². The Morgan fingerprint density at radius 3 is 3.24 bits per heavy atom. The number of thiazole rings is 1. The Bertz CT molecular complexity index is 409. The van der Waals surface area contributed by atoms with E-state index in [0.717, 1.165) is 18.2 Å². The van der Waals surface area contributed by atoms with Gasteiger partial charge in [0.25, 0.3) is 0 Å². The van der Waals surface area contributed by atoms with Crippen LogP contribution in [0.5, 0.6) is 0 Å². The molecule has 0 spiro atoms. The summed E-state index contributed by atoms with van der Waals surface area (Å²) in [6.07, 6.45) is 0.171. The molecular formula is C10H15N3O3S. The number of hydrogen-bond donors (Lipinski definition) is 2. The molecule has 6 nitrogen and oxygen atoms in total. The molecule has 1 aromatic rings. The molecule has 0 aromatic carbocycles. The molecule has 0 radical (unpaired) electrons. The number of hydrogen-bond acceptors (Lipinski definition) is 6. The molecular weight excluding hydrogens is 242 g/mol. The van der Waals surface area contributed by atoms with Gasteiger partial charge >= 0.3 is 5.97 Å². The number of nitrogens with zero attached hydrogens (tertiary/aromatic N) is 2. The Morgan fingerprint density at radius 1 is 1.82 bits per heavy atom. The third kappa shape index (κ3) is 2.74. The van der Waals surface area contributed by atoms with E-state index in [1.54, 1.807) is 5.38 Å². The fourth-order valence-corrected chi connectivity index (χ4v) is 2.58. The molecule has 7 heteroatoms. The summed E-state index contributed by atoms with van der Waals surface area (Å²) in [5.74, 6) is -1.06. The molecule has 2 heterocycles. The van der Waals surface area contributed by atoms with Crippen LogP contribution in [0.15, 0.2) is 5.38 Å². The van der Waals surface area contributed by atoms with Crippen LogP contribution < -0.4 is 10.6 Å². The number of rotatable bonds is 3. The van der Waals surface area contributed by atoms with E-state index in [-0.39, 0.29) is 6.10 Å². The van der Waals surface area contributed by atoms with Crippen molar-refractivity contribution in [3.05, 3.63) is 11.1 Å². The first-order valence-corrected chi connectivity index (χ1v) is 6.26. The molecule has 0 aliphatic carbocycles. The lowest BCUT2D eigenvalue weighted by atomic mass is 10.2. The van der Waals surface area contributed by atoms with Crippen LogP contribution in [-0.4, -0.2) is 41.9 Å². The minimum Gasteiger partial charge on any atom is -0.480 e. The third-order valence-corrected chi connectivity index (χ3v) is 3.53. The predicted octanol–water partition coefficient (Wildman–Crippen LogP) is 0.453. The van der Waals surface area contributed by atoms with Gasteiger partial charge in [-0.1, -0.05) is 0 Å². The van der Waals surface area contributed by atoms with Crippen molar-refractivity contribution in [1.29, 1.82) is 0 Å². The standard InChI is InChI=1S/C10H15N3O3S/c1-6-4-13(2-3-16-6)10-12-7(5-17-10)8(11)9(14)15/h5-6,8H,2-4,11H2,1H3,(H,14,15). The van der Waals surface area contributed by atoms with Gasteiger partial charge in [-0.3, -0.25) is 4.79 Å². The first-order valence-electron chi connectivity index (χ1n) is 5.38. The summed E-state index contributed by atoms with van der Waals surface area (Å²) in [6, 6.07) is -1.04. The van der Waals surface area contributed by atoms with E-state index in [2.05, 4.69) is 9.88 Å². The fraction of sp³-hybridized carbons (Fsp3) is 0.600. The van der Waals surface area contributed by atoms with Crippen molar-refractivity contribution >= 4 is 22.4 Å². The van der Waals surface area contributed by atoms with E-state index in [1.165, 1.54) is 11.3 Å². The number of carbonyl (C=O) groups is 1. The van der Waals surface area contributed by atoms with E-state index >= 15 is 0 Å². The number of anilines is 1. The molecule has 17 heavy (non-hydrogen) atoms. The second-order valence-corrected chi connectivity index (χ2v) is 4.83. The summed E-state index contributed by atoms with van der Waals surface area (Å²) in [6.45, 7) is 4.22. The minimum absolute atomic E-state index is 0.171. The molecule has 2 rings (SSSR count). The number of nitrogens with two attached hydrogens (primary N) is 1. The van der Waals surface area contributed by atoms with Crippen LogP contribution in [0.25, 0.3) is 0 Å². The lowest BCUT2D eigenvalue weighted by molar-refractivity contribution is -0.138. The molecule has 0 saturated carbocycles. The van der Waals surface area contributed by atoms with Crippen LogP contribution in [0.1, 0.15) is 18.7 Å². The van der Waals surface area contributed by atoms with Crippen molar-refractivity contribution in [2.45, 2.75) is 19.1 Å². The molecule has 1 aromatic heterocycles. The Morgan fingerprint density at radius 2 is 2.59 bits per heavy atom. The van der Waals surface area contributed by atoms with Gasteiger partial charge < -0.3 is 20.5 Å². The molecule has 0 bridgehead atoms. The van der Waals surface area contributed by atoms with Gasteiger partial charge in [-0.2, -0.15) is 0 Å². The molecule has 1 saturated heterocycles. The third-order valence-electron chi connectivity index (χ3n) is 2.61. The lowest BCUT2D eigenvalue weighted by Crippen LogP contribution is -2.41. The van der Waals surface area contributed by atoms with Crippen molar-refractivity contribution in [2.24, 2.45) is 5.73 Å². The van der Waals surface area contributed by atoms with Gasteiger partial charge in [0.1, 0.15) is 6.04 Å². The van der Waals surface area contributed by atoms with Crippen molar-refractivity contribution < 1.29 is 14.6 Å². The number of carboxylic acid groups (broad SMARTS) is 1. The maximum atomic E-state index is 10.7. The highest BCUT2D eigenvalue weighted by atomic mass is 32.1. The van der Waals surface area contributed by atoms with Crippen molar-refractivity contribution in [2.75, 3.05) is 24.6 Å². The monoisotopic (exact) mass is 257 g/mol. The number of morpholine rings is 1. The summed E-state index contributed by atoms with van der Waals surface area (Å²) in [5.41, 5.74) is 5.92. The fourth-order valence-electron chi connectivity index (χ4n) is 1.68. The summed E-state index contributed by atoms with van der Waals surface area (Å²) in [7, 11) is 0. The molecule has 2 unspecified atom stereocenters. The van der Waals surface area contributed by atoms with Gasteiger partial charge in [0.15, 0.2) is 5.13 Å². The second kappa shape index (κ2) is 4.99. The number of ether oxygens (including phenoxy) is 1. The number of aromatic nitrogens is 1. The summed E-state index contributed by atoms with van der Waals surface area (Å²) >= 11 is 1.42. The van der Waals surface area contributed by atoms with Crippen molar-refractivity contribution in [3.8, 4) is 0 Å². The zero-order valence-corrected chi connectivity index (χ0v) is 10.3. The van der Waals surface area contributed by atoms with E-state index in [1.807, 2.05) is 6.92 Å². The normalized spacial score (nSPS) is 22.5. The molecule has 1 aliphatic rings. The van der Waals surface area contributed by atoms with Crippen LogP contribution in [0.4, 0.5) is 5.13 Å². The van der Waals surface area contributed by atoms with Crippen LogP contribution >= 0.6 is 11.3 Å². The van der Waals surface area contributed by atoms with Gasteiger partial charge in [0.2, 0.25) is 0 Å². The molecule has 2 atom stereocenters. The maximum absolute atomic E-state index is 10.7. The Hall–Kier alpha value is -1.18. The van der Waals surface area contributed by atoms with E-state index in [9.17, 15) is 4.79 Å². The highest BCUT2D eigenvalue weighted by Gasteiger charge is 2.22. The lowest BCUT2D eigenvalue weighted by Gasteiger charge is -2.30. The highest BCUT2D eigenvalue weighted by molar-refractivity contribution is 7.13. The van der Waals surface area contributed by atoms with E-state index < -0.39 is 12.0 Å². The smallest absolute Gasteiger partial charge is 0.326 e. The summed E-state index contributed by atoms with van der Waals surface area (Å²) < 4.78 is 5.44. The molecule has 1 aliphatic heterocycles. The zero-order valence-electron chi connectivity index (χ0n) is 9.50. The average molecular weight is 257 g/mol. The summed E-state index contributed by atoms with van der Waals surface area (Å²) in [4.78, 5) is 17.1. The van der Waals surface area contributed by atoms with Crippen molar-refractivity contribution in [1.82, 2.24) is 4.98 Å². The number of aliphatic carboxylic acids is 1. The van der Waals surface area contributed by atoms with Gasteiger partial charge in [0, 0.05) is 18.5 Å². The number of carboxylic acids is 1. The predicted molar refractivity (Wildman–Crippen MR) is 64.3 cm³/mol. The van der Waals surface area contributed by atoms with Crippen LogP contribution in [0, 0.1) is 0 Å². The van der Waals surface area contributed by atoms with Gasteiger partial charge in [-0.05, 0) is 6.92 Å². The van der Waals surface area contributed by atoms with Crippen LogP contribution in [0.3, 0.4) is 0 Å². The highest BCUT2D eigenvalue weighted by Crippen LogP contribution is 2.25. The van der Waals surface area contributed by atoms with E-state index in [0.29, 0.717) is 12.3 Å². The topological polar surface area (TPSA) is 88.7 Å². The Balaban J connectivity index is 2.09. The van der Waals surface area contributed by atoms with Crippen LogP contribution in [0.2, 0.25) is 0 Å². The van der Waals surface area contributed by atoms with Gasteiger partial charge in [0.05, 0.1) is 18.4 Å². The molecule has 0 amide bonds. The minimum atomic E-state index is -1.06. The van der Waals surface area contributed by atoms with Gasteiger partial charge in [-0.15, -0.1) is 11.3 Å². The first-order chi connectivity index (χ1) is 8.08. The second-order valence-electron chi connectivity index (χ2n) is 4.00. The largest absolute Gasteiger partial charge is 0.480 e. The zero-order chi connectivity index (χ0) is 12.4. The average Bonchev–Trinajstić information content (AvgIpc) is 2.77. The molecule has 3 N–H and O–H groups in total. The maximum Gasteiger partial charge on any atom is 0.326 e. The Labute approximate surface area is 103 Å². The van der Waals surface area contributed by atoms with E-state index in [4.69, 9.17) is 15.6 Å². The molecule has 1 fully saturated rings. The van der Waals surface area contributed by atoms with Crippen LogP contribution in [-0.2, 0) is 9.53 Å². The SMILES string of the molecule is CC1CN(c2nc(C(N)C(=O)O)cs2)CCO1. The van der Waals surface area contributed by atoms with Crippen molar-refractivity contribution in [3.63, 3.8) is 0 Å². The Kier molecular flexibility index (Phi) is 3.60.